The van der Waals surface area contributed by atoms with Crippen LogP contribution in [0.5, 0.6) is 0 Å². The second kappa shape index (κ2) is 13.9. The van der Waals surface area contributed by atoms with E-state index in [9.17, 15) is 0 Å². The molecule has 0 aliphatic carbocycles. The fraction of sp³-hybridized carbons (Fsp3) is 0.619. The number of allylic oxidation sites excluding steroid dienone is 1. The monoisotopic (exact) mass is 320 g/mol. The molecule has 0 atom stereocenters. The molecule has 0 aliphatic rings. The van der Waals surface area contributed by atoms with Gasteiger partial charge in [-0.05, 0) is 43.2 Å². The fourth-order valence-corrected chi connectivity index (χ4v) is 2.95. The average molecular weight is 321 g/mol. The van der Waals surface area contributed by atoms with Crippen molar-refractivity contribution in [1.82, 2.24) is 0 Å². The number of rotatable bonds is 13. The Morgan fingerprint density at radius 1 is 0.864 bits per heavy atom. The predicted molar refractivity (Wildman–Crippen MR) is 102 cm³/mol. The van der Waals surface area contributed by atoms with Gasteiger partial charge in [-0.15, -0.1) is 11.6 Å². The van der Waals surface area contributed by atoms with Gasteiger partial charge in [0.25, 0.3) is 0 Å². The predicted octanol–water partition coefficient (Wildman–Crippen LogP) is 7.40. The van der Waals surface area contributed by atoms with Crippen molar-refractivity contribution < 1.29 is 0 Å². The lowest BCUT2D eigenvalue weighted by Crippen LogP contribution is -1.90. The van der Waals surface area contributed by atoms with E-state index in [2.05, 4.69) is 43.3 Å². The molecule has 0 fully saturated rings. The number of benzene rings is 1. The molecule has 0 saturated heterocycles. The van der Waals surface area contributed by atoms with E-state index in [0.717, 1.165) is 18.7 Å². The van der Waals surface area contributed by atoms with Crippen LogP contribution >= 0.6 is 11.6 Å². The van der Waals surface area contributed by atoms with E-state index >= 15 is 0 Å². The number of hydrogen-bond acceptors (Lipinski definition) is 0. The first-order valence-corrected chi connectivity index (χ1v) is 9.72. The molecule has 0 radical (unpaired) electrons. The maximum atomic E-state index is 5.71. The van der Waals surface area contributed by atoms with Crippen LogP contribution in [-0.2, 0) is 6.42 Å². The number of halogens is 1. The molecule has 22 heavy (non-hydrogen) atoms. The molecule has 0 N–H and O–H groups in total. The fourth-order valence-electron chi connectivity index (χ4n) is 2.76. The van der Waals surface area contributed by atoms with E-state index in [1.165, 1.54) is 68.9 Å². The summed E-state index contributed by atoms with van der Waals surface area (Å²) >= 11 is 5.71. The Balaban J connectivity index is 2.28. The van der Waals surface area contributed by atoms with Crippen LogP contribution in [0.3, 0.4) is 0 Å². The summed E-state index contributed by atoms with van der Waals surface area (Å²) in [6, 6.07) is 8.85. The van der Waals surface area contributed by atoms with E-state index in [1.807, 2.05) is 0 Å². The van der Waals surface area contributed by atoms with E-state index in [0.29, 0.717) is 0 Å². The zero-order chi connectivity index (χ0) is 15.9. The van der Waals surface area contributed by atoms with E-state index in [4.69, 9.17) is 11.6 Å². The Kier molecular flexibility index (Phi) is 12.2. The van der Waals surface area contributed by atoms with Gasteiger partial charge in [-0.2, -0.15) is 0 Å². The van der Waals surface area contributed by atoms with E-state index in [1.54, 1.807) is 0 Å². The number of unbranched alkanes of at least 4 members (excludes halogenated alkanes) is 8. The summed E-state index contributed by atoms with van der Waals surface area (Å²) in [5.74, 6) is 0.780. The summed E-state index contributed by atoms with van der Waals surface area (Å²) in [7, 11) is 0. The highest BCUT2D eigenvalue weighted by Crippen LogP contribution is 2.16. The molecule has 1 aromatic rings. The zero-order valence-electron chi connectivity index (χ0n) is 14.3. The Bertz CT molecular complexity index is 395. The molecule has 0 heterocycles. The molecule has 0 nitrogen and oxygen atoms in total. The Morgan fingerprint density at radius 2 is 1.59 bits per heavy atom. The lowest BCUT2D eigenvalue weighted by Gasteiger charge is -2.06. The second-order valence-electron chi connectivity index (χ2n) is 6.16. The lowest BCUT2D eigenvalue weighted by atomic mass is 9.99. The van der Waals surface area contributed by atoms with Crippen molar-refractivity contribution in [3.8, 4) is 0 Å². The van der Waals surface area contributed by atoms with Gasteiger partial charge in [0.1, 0.15) is 0 Å². The highest BCUT2D eigenvalue weighted by atomic mass is 35.5. The van der Waals surface area contributed by atoms with Crippen LogP contribution in [0.15, 0.2) is 30.3 Å². The third-order valence-electron chi connectivity index (χ3n) is 4.16. The molecule has 124 valence electrons. The second-order valence-corrected chi connectivity index (χ2v) is 6.54. The van der Waals surface area contributed by atoms with Crippen LogP contribution in [0.25, 0.3) is 6.08 Å². The molecule has 0 amide bonds. The normalized spacial score (nSPS) is 11.4. The first kappa shape index (κ1) is 19.3. The first-order chi connectivity index (χ1) is 10.9. The van der Waals surface area contributed by atoms with Gasteiger partial charge in [-0.1, -0.05) is 81.9 Å². The summed E-state index contributed by atoms with van der Waals surface area (Å²) in [5, 5.41) is 0. The largest absolute Gasteiger partial charge is 0.127 e. The summed E-state index contributed by atoms with van der Waals surface area (Å²) < 4.78 is 0. The molecule has 0 aromatic heterocycles. The lowest BCUT2D eigenvalue weighted by molar-refractivity contribution is 0.589. The average Bonchev–Trinajstić information content (AvgIpc) is 2.55. The minimum absolute atomic E-state index is 0.780. The molecular formula is C21H33Cl. The molecule has 0 bridgehead atoms. The van der Waals surface area contributed by atoms with Gasteiger partial charge in [0.15, 0.2) is 0 Å². The highest BCUT2D eigenvalue weighted by Gasteiger charge is 1.99. The van der Waals surface area contributed by atoms with Gasteiger partial charge in [-0.25, -0.2) is 0 Å². The van der Waals surface area contributed by atoms with Crippen LogP contribution in [0.1, 0.15) is 82.3 Å². The Labute approximate surface area is 143 Å². The van der Waals surface area contributed by atoms with Gasteiger partial charge in [0.05, 0.1) is 0 Å². The minimum Gasteiger partial charge on any atom is -0.127 e. The maximum Gasteiger partial charge on any atom is 0.0223 e. The molecule has 1 heteroatoms. The SMILES string of the molecule is CCCCCCCCCc1ccccc1C=CCCCCCl. The van der Waals surface area contributed by atoms with Crippen LogP contribution in [0.4, 0.5) is 0 Å². The topological polar surface area (TPSA) is 0 Å². The third kappa shape index (κ3) is 9.30. The van der Waals surface area contributed by atoms with Gasteiger partial charge < -0.3 is 0 Å². The molecule has 1 aromatic carbocycles. The molecule has 0 aliphatic heterocycles. The molecule has 0 saturated carbocycles. The number of aryl methyl sites for hydroxylation is 1. The third-order valence-corrected chi connectivity index (χ3v) is 4.42. The van der Waals surface area contributed by atoms with Gasteiger partial charge in [-0.3, -0.25) is 0 Å². The van der Waals surface area contributed by atoms with Crippen molar-refractivity contribution in [3.05, 3.63) is 41.5 Å². The molecule has 0 unspecified atom stereocenters. The standard InChI is InChI=1S/C21H33Cl/c1-2-3-4-5-6-7-10-15-20-17-12-13-18-21(20)16-11-8-9-14-19-22/h11-13,16-18H,2-10,14-15,19H2,1H3. The van der Waals surface area contributed by atoms with Gasteiger partial charge in [0, 0.05) is 5.88 Å². The van der Waals surface area contributed by atoms with Gasteiger partial charge in [0.2, 0.25) is 0 Å². The number of alkyl halides is 1. The first-order valence-electron chi connectivity index (χ1n) is 9.19. The summed E-state index contributed by atoms with van der Waals surface area (Å²) in [5.41, 5.74) is 2.91. The Morgan fingerprint density at radius 3 is 2.36 bits per heavy atom. The maximum absolute atomic E-state index is 5.71. The van der Waals surface area contributed by atoms with Crippen LogP contribution in [0.2, 0.25) is 0 Å². The van der Waals surface area contributed by atoms with Crippen LogP contribution < -0.4 is 0 Å². The number of hydrogen-bond donors (Lipinski definition) is 0. The zero-order valence-corrected chi connectivity index (χ0v) is 15.1. The van der Waals surface area contributed by atoms with Crippen molar-refractivity contribution in [3.63, 3.8) is 0 Å². The van der Waals surface area contributed by atoms with Gasteiger partial charge >= 0.3 is 0 Å². The molecule has 1 rings (SSSR count). The van der Waals surface area contributed by atoms with Crippen molar-refractivity contribution in [2.45, 2.75) is 77.6 Å². The van der Waals surface area contributed by atoms with Crippen LogP contribution in [-0.4, -0.2) is 5.88 Å². The van der Waals surface area contributed by atoms with E-state index < -0.39 is 0 Å². The quantitative estimate of drug-likeness (QED) is 0.262. The smallest absolute Gasteiger partial charge is 0.0223 e. The summed E-state index contributed by atoms with van der Waals surface area (Å²) in [6.45, 7) is 2.28. The Hall–Kier alpha value is -0.750. The molecular weight excluding hydrogens is 288 g/mol. The minimum atomic E-state index is 0.780. The molecule has 0 spiro atoms. The summed E-state index contributed by atoms with van der Waals surface area (Å²) in [4.78, 5) is 0. The van der Waals surface area contributed by atoms with Crippen molar-refractivity contribution >= 4 is 17.7 Å². The van der Waals surface area contributed by atoms with Crippen molar-refractivity contribution in [2.24, 2.45) is 0 Å². The highest BCUT2D eigenvalue weighted by molar-refractivity contribution is 6.17. The van der Waals surface area contributed by atoms with Crippen LogP contribution in [0, 0.1) is 0 Å². The van der Waals surface area contributed by atoms with E-state index in [-0.39, 0.29) is 0 Å². The van der Waals surface area contributed by atoms with Crippen molar-refractivity contribution in [1.29, 1.82) is 0 Å². The summed E-state index contributed by atoms with van der Waals surface area (Å²) in [6.07, 6.45) is 18.9. The van der Waals surface area contributed by atoms with Crippen molar-refractivity contribution in [2.75, 3.05) is 5.88 Å².